The van der Waals surface area contributed by atoms with Crippen LogP contribution >= 0.6 is 0 Å². The standard InChI is InChI=1S/C23H38O8/c1-6-15(25)31-18-11-7-8-12-21(5,29)13-9-14(24)19(2,3)23(13,30)17(27)16(26)22(12,18)10-20(11,4)28/h11-14,16-18,24,26-30H,6-10H2,1-5H3/t11-,12+,13+,14+,16-,17-,18-,20-,21-,22-,23+/m1/s1. The fraction of sp³-hybridized carbons (Fsp3) is 0.957. The molecular weight excluding hydrogens is 404 g/mol. The minimum atomic E-state index is -1.98. The van der Waals surface area contributed by atoms with Crippen molar-refractivity contribution in [2.24, 2.45) is 28.6 Å². The van der Waals surface area contributed by atoms with Gasteiger partial charge in [0.15, 0.2) is 0 Å². The van der Waals surface area contributed by atoms with E-state index in [1.807, 2.05) is 0 Å². The number of esters is 1. The summed E-state index contributed by atoms with van der Waals surface area (Å²) in [5.41, 5.74) is -7.39. The molecule has 0 aromatic rings. The monoisotopic (exact) mass is 442 g/mol. The van der Waals surface area contributed by atoms with Crippen LogP contribution in [0.4, 0.5) is 0 Å². The van der Waals surface area contributed by atoms with E-state index in [2.05, 4.69) is 0 Å². The van der Waals surface area contributed by atoms with Crippen LogP contribution in [0.15, 0.2) is 0 Å². The van der Waals surface area contributed by atoms with Gasteiger partial charge >= 0.3 is 5.97 Å². The van der Waals surface area contributed by atoms with Crippen molar-refractivity contribution in [1.82, 2.24) is 0 Å². The lowest BCUT2D eigenvalue weighted by atomic mass is 9.56. The quantitative estimate of drug-likeness (QED) is 0.330. The Hall–Kier alpha value is -0.770. The number of carbonyl (C=O) groups is 1. The van der Waals surface area contributed by atoms with Gasteiger partial charge in [-0.05, 0) is 45.4 Å². The molecule has 4 aliphatic carbocycles. The predicted molar refractivity (Wildman–Crippen MR) is 110 cm³/mol. The molecule has 31 heavy (non-hydrogen) atoms. The molecule has 8 nitrogen and oxygen atoms in total. The van der Waals surface area contributed by atoms with Crippen molar-refractivity contribution < 1.29 is 40.2 Å². The van der Waals surface area contributed by atoms with Gasteiger partial charge in [0.2, 0.25) is 0 Å². The van der Waals surface area contributed by atoms with Gasteiger partial charge in [-0.2, -0.15) is 0 Å². The van der Waals surface area contributed by atoms with Crippen LogP contribution in [0.1, 0.15) is 66.7 Å². The highest BCUT2D eigenvalue weighted by Crippen LogP contribution is 2.70. The number of aliphatic hydroxyl groups is 6. The van der Waals surface area contributed by atoms with E-state index in [4.69, 9.17) is 4.74 Å². The second-order valence-electron chi connectivity index (χ2n) is 11.6. The Morgan fingerprint density at radius 2 is 1.58 bits per heavy atom. The molecular formula is C23H38O8. The topological polar surface area (TPSA) is 148 Å². The average Bonchev–Trinajstić information content (AvgIpc) is 2.93. The molecule has 4 fully saturated rings. The van der Waals surface area contributed by atoms with Crippen LogP contribution in [0, 0.1) is 28.6 Å². The van der Waals surface area contributed by atoms with Crippen molar-refractivity contribution in [1.29, 1.82) is 0 Å². The fourth-order valence-electron chi connectivity index (χ4n) is 8.15. The summed E-state index contributed by atoms with van der Waals surface area (Å²) in [5.74, 6) is -2.51. The Bertz CT molecular complexity index is 763. The Morgan fingerprint density at radius 1 is 0.968 bits per heavy atom. The van der Waals surface area contributed by atoms with Crippen molar-refractivity contribution in [3.63, 3.8) is 0 Å². The normalized spacial score (nSPS) is 57.7. The van der Waals surface area contributed by atoms with E-state index in [-0.39, 0.29) is 19.3 Å². The number of hydrogen-bond donors (Lipinski definition) is 6. The molecule has 178 valence electrons. The van der Waals surface area contributed by atoms with E-state index < -0.39 is 75.8 Å². The second-order valence-corrected chi connectivity index (χ2v) is 11.6. The molecule has 0 radical (unpaired) electrons. The zero-order valence-electron chi connectivity index (χ0n) is 19.1. The van der Waals surface area contributed by atoms with Crippen molar-refractivity contribution in [2.45, 2.75) is 108 Å². The smallest absolute Gasteiger partial charge is 0.305 e. The lowest BCUT2D eigenvalue weighted by molar-refractivity contribution is -0.224. The van der Waals surface area contributed by atoms with E-state index >= 15 is 0 Å². The van der Waals surface area contributed by atoms with Crippen molar-refractivity contribution in [3.05, 3.63) is 0 Å². The highest BCUT2D eigenvalue weighted by atomic mass is 16.5. The zero-order chi connectivity index (χ0) is 23.4. The molecule has 0 aliphatic heterocycles. The summed E-state index contributed by atoms with van der Waals surface area (Å²) in [5, 5.41) is 68.9. The van der Waals surface area contributed by atoms with E-state index in [9.17, 15) is 35.4 Å². The molecule has 0 aromatic heterocycles. The number of fused-ring (bicyclic) bond motifs is 2. The highest BCUT2D eigenvalue weighted by molar-refractivity contribution is 5.69. The van der Waals surface area contributed by atoms with Crippen LogP contribution in [0.2, 0.25) is 0 Å². The van der Waals surface area contributed by atoms with Gasteiger partial charge in [0.05, 0.1) is 23.4 Å². The summed E-state index contributed by atoms with van der Waals surface area (Å²) in [6.07, 6.45) is -4.07. The Labute approximate surface area is 183 Å². The predicted octanol–water partition coefficient (Wildman–Crippen LogP) is 0.1000. The average molecular weight is 443 g/mol. The maximum atomic E-state index is 12.3. The number of aliphatic hydroxyl groups excluding tert-OH is 3. The molecule has 11 atom stereocenters. The number of rotatable bonds is 2. The van der Waals surface area contributed by atoms with Crippen LogP contribution in [-0.2, 0) is 9.53 Å². The molecule has 4 saturated carbocycles. The SMILES string of the molecule is CCC(=O)O[C@@H]1[C@H]2CC[C@H]3[C@@](C)(O)[C@@H]4C[C@H](O)C(C)(C)[C@@]4(O)[C@H](O)[C@@H](O)[C@]13C[C@@]2(C)O. The molecule has 0 aromatic carbocycles. The first-order chi connectivity index (χ1) is 14.1. The first kappa shape index (κ1) is 23.4. The molecule has 4 aliphatic rings. The third-order valence-electron chi connectivity index (χ3n) is 9.89. The highest BCUT2D eigenvalue weighted by Gasteiger charge is 2.79. The molecule has 0 unspecified atom stereocenters. The largest absolute Gasteiger partial charge is 0.461 e. The maximum Gasteiger partial charge on any atom is 0.305 e. The molecule has 2 bridgehead atoms. The van der Waals surface area contributed by atoms with Gasteiger partial charge in [-0.25, -0.2) is 0 Å². The van der Waals surface area contributed by atoms with Crippen LogP contribution in [0.5, 0.6) is 0 Å². The summed E-state index contributed by atoms with van der Waals surface area (Å²) >= 11 is 0. The summed E-state index contributed by atoms with van der Waals surface area (Å²) < 4.78 is 5.81. The molecule has 0 saturated heterocycles. The van der Waals surface area contributed by atoms with E-state index in [0.29, 0.717) is 12.8 Å². The lowest BCUT2D eigenvalue weighted by Crippen LogP contribution is -2.63. The summed E-state index contributed by atoms with van der Waals surface area (Å²) in [4.78, 5) is 12.3. The van der Waals surface area contributed by atoms with Crippen LogP contribution in [0.3, 0.4) is 0 Å². The second kappa shape index (κ2) is 6.64. The van der Waals surface area contributed by atoms with Gasteiger partial charge in [0, 0.05) is 29.1 Å². The van der Waals surface area contributed by atoms with Crippen molar-refractivity contribution in [2.75, 3.05) is 0 Å². The van der Waals surface area contributed by atoms with Crippen molar-refractivity contribution >= 4 is 5.97 Å². The number of carbonyl (C=O) groups excluding carboxylic acids is 1. The minimum absolute atomic E-state index is 0.0250. The minimum Gasteiger partial charge on any atom is -0.461 e. The molecule has 4 rings (SSSR count). The molecule has 0 heterocycles. The van der Waals surface area contributed by atoms with E-state index in [1.165, 1.54) is 0 Å². The number of ether oxygens (including phenoxy) is 1. The Balaban J connectivity index is 1.94. The van der Waals surface area contributed by atoms with Crippen molar-refractivity contribution in [3.8, 4) is 0 Å². The van der Waals surface area contributed by atoms with Gasteiger partial charge < -0.3 is 35.4 Å². The van der Waals surface area contributed by atoms with Gasteiger partial charge in [-0.1, -0.05) is 20.8 Å². The number of hydrogen-bond acceptors (Lipinski definition) is 8. The first-order valence-electron chi connectivity index (χ1n) is 11.5. The van der Waals surface area contributed by atoms with Crippen LogP contribution < -0.4 is 0 Å². The first-order valence-corrected chi connectivity index (χ1v) is 11.5. The van der Waals surface area contributed by atoms with E-state index in [1.54, 1.807) is 34.6 Å². The third-order valence-corrected chi connectivity index (χ3v) is 9.89. The van der Waals surface area contributed by atoms with Gasteiger partial charge in [-0.15, -0.1) is 0 Å². The van der Waals surface area contributed by atoms with E-state index in [0.717, 1.165) is 0 Å². The van der Waals surface area contributed by atoms with Crippen LogP contribution in [0.25, 0.3) is 0 Å². The van der Waals surface area contributed by atoms with Gasteiger partial charge in [0.1, 0.15) is 17.8 Å². The summed E-state index contributed by atoms with van der Waals surface area (Å²) in [6.45, 7) is 8.13. The van der Waals surface area contributed by atoms with Gasteiger partial charge in [-0.3, -0.25) is 4.79 Å². The Morgan fingerprint density at radius 3 is 2.16 bits per heavy atom. The molecule has 1 spiro atoms. The summed E-state index contributed by atoms with van der Waals surface area (Å²) in [7, 11) is 0. The zero-order valence-corrected chi connectivity index (χ0v) is 19.1. The maximum absolute atomic E-state index is 12.3. The fourth-order valence-corrected chi connectivity index (χ4v) is 8.15. The lowest BCUT2D eigenvalue weighted by Gasteiger charge is -2.53. The third kappa shape index (κ3) is 2.60. The van der Waals surface area contributed by atoms with Gasteiger partial charge in [0.25, 0.3) is 0 Å². The molecule has 0 amide bonds. The molecule has 8 heteroatoms. The summed E-state index contributed by atoms with van der Waals surface area (Å²) in [6, 6.07) is 0. The Kier molecular flexibility index (Phi) is 5.01. The molecule has 6 N–H and O–H groups in total. The van der Waals surface area contributed by atoms with Crippen LogP contribution in [-0.4, -0.2) is 77.8 Å².